The molecule has 0 N–H and O–H groups in total. The Morgan fingerprint density at radius 1 is 1.50 bits per heavy atom. The molecule has 0 aliphatic carbocycles. The van der Waals surface area contributed by atoms with Gasteiger partial charge in [-0.25, -0.2) is 4.68 Å². The molecule has 1 aromatic heterocycles. The van der Waals surface area contributed by atoms with E-state index in [1.54, 1.807) is 6.20 Å². The maximum absolute atomic E-state index is 5.54. The number of benzene rings is 1. The van der Waals surface area contributed by atoms with Crippen LogP contribution in [0.25, 0.3) is 5.69 Å². The van der Waals surface area contributed by atoms with E-state index >= 15 is 0 Å². The van der Waals surface area contributed by atoms with E-state index in [1.807, 2.05) is 36.0 Å². The molecule has 2 rings (SSSR count). The summed E-state index contributed by atoms with van der Waals surface area (Å²) in [5.41, 5.74) is 1.03. The third-order valence-corrected chi connectivity index (χ3v) is 3.54. The highest BCUT2D eigenvalue weighted by atomic mass is 127. The Labute approximate surface area is 116 Å². The third kappa shape index (κ3) is 2.40. The molecule has 1 heterocycles. The molecule has 2 aromatic rings. The molecule has 0 fully saturated rings. The van der Waals surface area contributed by atoms with E-state index in [0.717, 1.165) is 19.5 Å². The van der Waals surface area contributed by atoms with Gasteiger partial charge in [0.1, 0.15) is 5.75 Å². The molecule has 5 heteroatoms. The molecule has 1 aromatic carbocycles. The van der Waals surface area contributed by atoms with Gasteiger partial charge in [-0.3, -0.25) is 0 Å². The Morgan fingerprint density at radius 3 is 2.94 bits per heavy atom. The summed E-state index contributed by atoms with van der Waals surface area (Å²) in [5.74, 6) is 0.841. The second-order valence-corrected chi connectivity index (χ2v) is 5.13. The van der Waals surface area contributed by atoms with Crippen molar-refractivity contribution in [3.05, 3.63) is 38.6 Å². The topological polar surface area (TPSA) is 27.1 Å². The highest BCUT2D eigenvalue weighted by molar-refractivity contribution is 14.1. The van der Waals surface area contributed by atoms with E-state index in [0.29, 0.717) is 6.61 Å². The van der Waals surface area contributed by atoms with Crippen LogP contribution in [0.15, 0.2) is 35.1 Å². The highest BCUT2D eigenvalue weighted by Gasteiger charge is 2.09. The minimum Gasteiger partial charge on any atom is -0.493 e. The quantitative estimate of drug-likeness (QED) is 0.745. The fourth-order valence-electron chi connectivity index (χ4n) is 1.37. The number of halogens is 2. The highest BCUT2D eigenvalue weighted by Crippen LogP contribution is 2.31. The van der Waals surface area contributed by atoms with Crippen molar-refractivity contribution in [2.24, 2.45) is 0 Å². The van der Waals surface area contributed by atoms with Crippen molar-refractivity contribution in [3.63, 3.8) is 0 Å². The number of hydrogen-bond donors (Lipinski definition) is 0. The summed E-state index contributed by atoms with van der Waals surface area (Å²) in [7, 11) is 0. The van der Waals surface area contributed by atoms with Gasteiger partial charge in [-0.05, 0) is 57.6 Å². The SMILES string of the molecule is CCOc1cc(-n2cccn2)c(I)cc1Br. The first-order chi connectivity index (χ1) is 7.72. The van der Waals surface area contributed by atoms with Crippen LogP contribution >= 0.6 is 38.5 Å². The lowest BCUT2D eigenvalue weighted by molar-refractivity contribution is 0.338. The van der Waals surface area contributed by atoms with Crippen LogP contribution in [0.4, 0.5) is 0 Å². The van der Waals surface area contributed by atoms with Crippen molar-refractivity contribution in [2.75, 3.05) is 6.61 Å². The zero-order chi connectivity index (χ0) is 11.5. The van der Waals surface area contributed by atoms with Crippen molar-refractivity contribution in [1.29, 1.82) is 0 Å². The minimum absolute atomic E-state index is 0.651. The average molecular weight is 393 g/mol. The maximum Gasteiger partial charge on any atom is 0.135 e. The van der Waals surface area contributed by atoms with E-state index in [1.165, 1.54) is 0 Å². The van der Waals surface area contributed by atoms with Crippen LogP contribution in [0, 0.1) is 3.57 Å². The van der Waals surface area contributed by atoms with Crippen molar-refractivity contribution in [1.82, 2.24) is 9.78 Å². The average Bonchev–Trinajstić information content (AvgIpc) is 2.75. The zero-order valence-electron chi connectivity index (χ0n) is 8.65. The van der Waals surface area contributed by atoms with Gasteiger partial charge in [0, 0.05) is 22.0 Å². The van der Waals surface area contributed by atoms with E-state index < -0.39 is 0 Å². The summed E-state index contributed by atoms with van der Waals surface area (Å²) < 4.78 is 9.46. The van der Waals surface area contributed by atoms with Gasteiger partial charge in [-0.15, -0.1) is 0 Å². The molecule has 0 saturated heterocycles. The zero-order valence-corrected chi connectivity index (χ0v) is 12.4. The van der Waals surface area contributed by atoms with Crippen LogP contribution in [0.2, 0.25) is 0 Å². The largest absolute Gasteiger partial charge is 0.493 e. The van der Waals surface area contributed by atoms with Gasteiger partial charge in [0.15, 0.2) is 0 Å². The molecule has 0 atom stereocenters. The first-order valence-corrected chi connectivity index (χ1v) is 6.71. The van der Waals surface area contributed by atoms with Crippen molar-refractivity contribution >= 4 is 38.5 Å². The summed E-state index contributed by atoms with van der Waals surface area (Å²) in [4.78, 5) is 0. The number of hydrogen-bond acceptors (Lipinski definition) is 2. The van der Waals surface area contributed by atoms with Crippen molar-refractivity contribution in [3.8, 4) is 11.4 Å². The summed E-state index contributed by atoms with van der Waals surface area (Å²) in [6.45, 7) is 2.62. The number of rotatable bonds is 3. The smallest absolute Gasteiger partial charge is 0.135 e. The fraction of sp³-hybridized carbons (Fsp3) is 0.182. The van der Waals surface area contributed by atoms with Gasteiger partial charge in [0.05, 0.1) is 16.8 Å². The monoisotopic (exact) mass is 392 g/mol. The lowest BCUT2D eigenvalue weighted by Crippen LogP contribution is -2.00. The standard InChI is InChI=1S/C11H10BrIN2O/c1-2-16-11-7-10(9(13)6-8(11)12)15-5-3-4-14-15/h3-7H,2H2,1H3. The van der Waals surface area contributed by atoms with Crippen LogP contribution in [-0.4, -0.2) is 16.4 Å². The Morgan fingerprint density at radius 2 is 2.31 bits per heavy atom. The maximum atomic E-state index is 5.54. The van der Waals surface area contributed by atoms with Crippen LogP contribution in [0.1, 0.15) is 6.92 Å². The molecule has 3 nitrogen and oxygen atoms in total. The predicted molar refractivity (Wildman–Crippen MR) is 75.2 cm³/mol. The van der Waals surface area contributed by atoms with Crippen molar-refractivity contribution in [2.45, 2.75) is 6.92 Å². The molecule has 0 unspecified atom stereocenters. The van der Waals surface area contributed by atoms with Crippen LogP contribution in [0.3, 0.4) is 0 Å². The fourth-order valence-corrected chi connectivity index (χ4v) is 2.97. The van der Waals surface area contributed by atoms with Gasteiger partial charge >= 0.3 is 0 Å². The molecular weight excluding hydrogens is 383 g/mol. The lowest BCUT2D eigenvalue weighted by atomic mass is 10.3. The first-order valence-electron chi connectivity index (χ1n) is 4.84. The van der Waals surface area contributed by atoms with Crippen molar-refractivity contribution < 1.29 is 4.74 Å². The summed E-state index contributed by atoms with van der Waals surface area (Å²) >= 11 is 5.77. The van der Waals surface area contributed by atoms with E-state index in [-0.39, 0.29) is 0 Å². The van der Waals surface area contributed by atoms with E-state index in [9.17, 15) is 0 Å². The van der Waals surface area contributed by atoms with Crippen LogP contribution < -0.4 is 4.74 Å². The molecule has 0 saturated carbocycles. The Bertz CT molecular complexity index is 485. The summed E-state index contributed by atoms with van der Waals surface area (Å²) in [6, 6.07) is 5.92. The van der Waals surface area contributed by atoms with Gasteiger partial charge < -0.3 is 4.74 Å². The molecule has 84 valence electrons. The Balaban J connectivity index is 2.49. The van der Waals surface area contributed by atoms with E-state index in [2.05, 4.69) is 43.6 Å². The Hall–Kier alpha value is -0.560. The molecule has 16 heavy (non-hydrogen) atoms. The summed E-state index contributed by atoms with van der Waals surface area (Å²) in [6.07, 6.45) is 3.68. The van der Waals surface area contributed by atoms with Gasteiger partial charge in [-0.1, -0.05) is 0 Å². The number of ether oxygens (including phenoxy) is 1. The molecule has 0 bridgehead atoms. The van der Waals surface area contributed by atoms with Gasteiger partial charge in [-0.2, -0.15) is 5.10 Å². The van der Waals surface area contributed by atoms with E-state index in [4.69, 9.17) is 4.74 Å². The molecule has 0 aliphatic rings. The molecular formula is C11H10BrIN2O. The minimum atomic E-state index is 0.651. The first kappa shape index (κ1) is 11.9. The van der Waals surface area contributed by atoms with Crippen LogP contribution in [-0.2, 0) is 0 Å². The van der Waals surface area contributed by atoms with Gasteiger partial charge in [0.25, 0.3) is 0 Å². The second kappa shape index (κ2) is 5.18. The molecule has 0 radical (unpaired) electrons. The predicted octanol–water partition coefficient (Wildman–Crippen LogP) is 3.64. The number of aromatic nitrogens is 2. The second-order valence-electron chi connectivity index (χ2n) is 3.12. The molecule has 0 spiro atoms. The lowest BCUT2D eigenvalue weighted by Gasteiger charge is -2.10. The van der Waals surface area contributed by atoms with Gasteiger partial charge in [0.2, 0.25) is 0 Å². The molecule has 0 amide bonds. The molecule has 0 aliphatic heterocycles. The Kier molecular flexibility index (Phi) is 3.86. The summed E-state index contributed by atoms with van der Waals surface area (Å²) in [5, 5.41) is 4.22. The van der Waals surface area contributed by atoms with Crippen LogP contribution in [0.5, 0.6) is 5.75 Å². The number of nitrogens with zero attached hydrogens (tertiary/aromatic N) is 2. The third-order valence-electron chi connectivity index (χ3n) is 2.05. The normalized spacial score (nSPS) is 10.4.